The fourth-order valence-corrected chi connectivity index (χ4v) is 2.55. The van der Waals surface area contributed by atoms with Crippen LogP contribution in [0.2, 0.25) is 5.02 Å². The van der Waals surface area contributed by atoms with Crippen molar-refractivity contribution in [3.05, 3.63) is 53.1 Å². The Morgan fingerprint density at radius 2 is 1.97 bits per heavy atom. The Balaban J connectivity index is 1.57. The predicted octanol–water partition coefficient (Wildman–Crippen LogP) is 2.92. The van der Waals surface area contributed by atoms with Crippen LogP contribution in [0.5, 0.6) is 11.5 Å². The van der Waals surface area contributed by atoms with E-state index in [0.717, 1.165) is 5.56 Å². The van der Waals surface area contributed by atoms with E-state index in [-0.39, 0.29) is 30.5 Å². The summed E-state index contributed by atoms with van der Waals surface area (Å²) in [5.74, 6) is 0.0764. The van der Waals surface area contributed by atoms with Gasteiger partial charge in [0.15, 0.2) is 11.5 Å². The Hall–Kier alpha value is -3.27. The van der Waals surface area contributed by atoms with E-state index in [1.165, 1.54) is 24.0 Å². The van der Waals surface area contributed by atoms with Crippen LogP contribution < -0.4 is 14.8 Å². The largest absolute Gasteiger partial charge is 0.493 e. The van der Waals surface area contributed by atoms with Crippen LogP contribution in [0, 0.1) is 0 Å². The molecule has 0 spiro atoms. The van der Waals surface area contributed by atoms with Gasteiger partial charge in [-0.1, -0.05) is 17.7 Å². The van der Waals surface area contributed by atoms with E-state index < -0.39 is 6.61 Å². The molecular formula is C18H16ClF2N5O3. The van der Waals surface area contributed by atoms with Gasteiger partial charge in [0.25, 0.3) is 0 Å². The minimum Gasteiger partial charge on any atom is -0.493 e. The highest BCUT2D eigenvalue weighted by molar-refractivity contribution is 6.30. The molecule has 3 rings (SSSR count). The summed E-state index contributed by atoms with van der Waals surface area (Å²) in [4.78, 5) is 13.3. The molecule has 0 saturated heterocycles. The number of methoxy groups -OCH3 is 1. The molecule has 3 aromatic rings. The van der Waals surface area contributed by atoms with E-state index in [1.54, 1.807) is 30.3 Å². The second-order valence-electron chi connectivity index (χ2n) is 5.79. The number of tetrazole rings is 1. The first kappa shape index (κ1) is 20.5. The normalized spacial score (nSPS) is 10.8. The first-order valence-electron chi connectivity index (χ1n) is 8.37. The second kappa shape index (κ2) is 9.28. The topological polar surface area (TPSA) is 91.2 Å². The highest BCUT2D eigenvalue weighted by Crippen LogP contribution is 2.29. The van der Waals surface area contributed by atoms with E-state index in [2.05, 4.69) is 25.5 Å². The van der Waals surface area contributed by atoms with Crippen molar-refractivity contribution in [2.24, 2.45) is 0 Å². The van der Waals surface area contributed by atoms with Gasteiger partial charge in [0, 0.05) is 17.1 Å². The molecule has 1 N–H and O–H groups in total. The number of benzene rings is 2. The molecule has 152 valence electrons. The zero-order chi connectivity index (χ0) is 20.8. The maximum Gasteiger partial charge on any atom is 0.387 e. The highest BCUT2D eigenvalue weighted by Gasteiger charge is 2.12. The van der Waals surface area contributed by atoms with E-state index in [9.17, 15) is 13.6 Å². The third kappa shape index (κ3) is 5.61. The number of amides is 1. The molecule has 29 heavy (non-hydrogen) atoms. The maximum absolute atomic E-state index is 12.4. The first-order chi connectivity index (χ1) is 13.9. The summed E-state index contributed by atoms with van der Waals surface area (Å²) in [6, 6.07) is 11.3. The Labute approximate surface area is 169 Å². The van der Waals surface area contributed by atoms with Crippen molar-refractivity contribution >= 4 is 17.5 Å². The van der Waals surface area contributed by atoms with Crippen molar-refractivity contribution in [3.63, 3.8) is 0 Å². The summed E-state index contributed by atoms with van der Waals surface area (Å²) in [5, 5.41) is 15.2. The smallest absolute Gasteiger partial charge is 0.387 e. The number of halogens is 3. The second-order valence-corrected chi connectivity index (χ2v) is 6.23. The summed E-state index contributed by atoms with van der Waals surface area (Å²) >= 11 is 5.85. The Morgan fingerprint density at radius 3 is 2.66 bits per heavy atom. The van der Waals surface area contributed by atoms with Crippen LogP contribution in [0.4, 0.5) is 8.78 Å². The molecule has 0 saturated carbocycles. The number of nitrogens with zero attached hydrogens (tertiary/aromatic N) is 4. The molecule has 1 heterocycles. The number of hydrogen-bond acceptors (Lipinski definition) is 6. The molecule has 11 heteroatoms. The lowest BCUT2D eigenvalue weighted by molar-refractivity contribution is -0.122. The number of carbonyl (C=O) groups excluding carboxylic acids is 1. The van der Waals surface area contributed by atoms with Gasteiger partial charge in [-0.05, 0) is 47.2 Å². The third-order valence-electron chi connectivity index (χ3n) is 3.77. The number of aromatic nitrogens is 4. The lowest BCUT2D eigenvalue weighted by Gasteiger charge is -2.11. The zero-order valence-electron chi connectivity index (χ0n) is 15.2. The maximum atomic E-state index is 12.4. The fourth-order valence-electron chi connectivity index (χ4n) is 2.43. The minimum atomic E-state index is -2.96. The van der Waals surface area contributed by atoms with Gasteiger partial charge in [-0.3, -0.25) is 4.79 Å². The zero-order valence-corrected chi connectivity index (χ0v) is 15.9. The van der Waals surface area contributed by atoms with E-state index >= 15 is 0 Å². The quantitative estimate of drug-likeness (QED) is 0.599. The lowest BCUT2D eigenvalue weighted by Crippen LogP contribution is -2.28. The van der Waals surface area contributed by atoms with Crippen LogP contribution in [0.25, 0.3) is 11.4 Å². The molecular weight excluding hydrogens is 408 g/mol. The Kier molecular flexibility index (Phi) is 6.55. The van der Waals surface area contributed by atoms with Gasteiger partial charge in [-0.2, -0.15) is 13.6 Å². The average molecular weight is 424 g/mol. The van der Waals surface area contributed by atoms with Gasteiger partial charge >= 0.3 is 6.61 Å². The monoisotopic (exact) mass is 423 g/mol. The lowest BCUT2D eigenvalue weighted by atomic mass is 10.2. The fraction of sp³-hybridized carbons (Fsp3) is 0.222. The van der Waals surface area contributed by atoms with Crippen LogP contribution in [0.1, 0.15) is 5.56 Å². The highest BCUT2D eigenvalue weighted by atomic mass is 35.5. The van der Waals surface area contributed by atoms with E-state index in [1.807, 2.05) is 0 Å². The van der Waals surface area contributed by atoms with Crippen molar-refractivity contribution in [1.82, 2.24) is 25.5 Å². The molecule has 8 nitrogen and oxygen atoms in total. The van der Waals surface area contributed by atoms with Crippen LogP contribution in [0.3, 0.4) is 0 Å². The standard InChI is InChI=1S/C18H16ClF2N5O3/c1-28-15-8-11(2-7-14(15)29-18(20)21)9-22-16(27)10-26-24-17(23-25-26)12-3-5-13(19)6-4-12/h2-8,18H,9-10H2,1H3,(H,22,27). The van der Waals surface area contributed by atoms with Crippen molar-refractivity contribution in [2.75, 3.05) is 7.11 Å². The molecule has 1 amide bonds. The molecule has 0 aliphatic carbocycles. The molecule has 1 aromatic heterocycles. The Morgan fingerprint density at radius 1 is 1.21 bits per heavy atom. The number of alkyl halides is 2. The van der Waals surface area contributed by atoms with E-state index in [4.69, 9.17) is 16.3 Å². The van der Waals surface area contributed by atoms with Crippen molar-refractivity contribution in [2.45, 2.75) is 19.7 Å². The number of nitrogens with one attached hydrogen (secondary N) is 1. The molecule has 0 atom stereocenters. The molecule has 0 bridgehead atoms. The molecule has 0 radical (unpaired) electrons. The van der Waals surface area contributed by atoms with Gasteiger partial charge in [-0.15, -0.1) is 10.2 Å². The van der Waals surface area contributed by atoms with Gasteiger partial charge in [0.1, 0.15) is 6.54 Å². The summed E-state index contributed by atoms with van der Waals surface area (Å²) in [6.07, 6.45) is 0. The van der Waals surface area contributed by atoms with Crippen molar-refractivity contribution < 1.29 is 23.0 Å². The van der Waals surface area contributed by atoms with Crippen molar-refractivity contribution in [1.29, 1.82) is 0 Å². The average Bonchev–Trinajstić information content (AvgIpc) is 3.15. The molecule has 0 aliphatic rings. The summed E-state index contributed by atoms with van der Waals surface area (Å²) in [5.41, 5.74) is 1.37. The summed E-state index contributed by atoms with van der Waals surface area (Å²) in [7, 11) is 1.34. The van der Waals surface area contributed by atoms with Crippen LogP contribution in [-0.4, -0.2) is 39.8 Å². The van der Waals surface area contributed by atoms with Crippen LogP contribution in [0.15, 0.2) is 42.5 Å². The Bertz CT molecular complexity index is 982. The SMILES string of the molecule is COc1cc(CNC(=O)Cn2nnc(-c3ccc(Cl)cc3)n2)ccc1OC(F)F. The molecule has 0 unspecified atom stereocenters. The summed E-state index contributed by atoms with van der Waals surface area (Å²) in [6.45, 7) is -2.94. The number of carbonyl (C=O) groups is 1. The van der Waals surface area contributed by atoms with Crippen LogP contribution in [-0.2, 0) is 17.9 Å². The molecule has 0 fully saturated rings. The van der Waals surface area contributed by atoms with Gasteiger partial charge in [-0.25, -0.2) is 0 Å². The predicted molar refractivity (Wildman–Crippen MR) is 99.7 cm³/mol. The van der Waals surface area contributed by atoms with Gasteiger partial charge in [0.2, 0.25) is 11.7 Å². The van der Waals surface area contributed by atoms with Crippen LogP contribution >= 0.6 is 11.6 Å². The van der Waals surface area contributed by atoms with Gasteiger partial charge < -0.3 is 14.8 Å². The van der Waals surface area contributed by atoms with E-state index in [0.29, 0.717) is 16.4 Å². The van der Waals surface area contributed by atoms with Gasteiger partial charge in [0.05, 0.1) is 7.11 Å². The third-order valence-corrected chi connectivity index (χ3v) is 4.03. The molecule has 0 aliphatic heterocycles. The minimum absolute atomic E-state index is 0.0841. The summed E-state index contributed by atoms with van der Waals surface area (Å²) < 4.78 is 34.1. The molecule has 2 aromatic carbocycles. The first-order valence-corrected chi connectivity index (χ1v) is 8.74. The number of hydrogen-bond donors (Lipinski definition) is 1. The van der Waals surface area contributed by atoms with Crippen molar-refractivity contribution in [3.8, 4) is 22.9 Å². The number of rotatable bonds is 8. The number of ether oxygens (including phenoxy) is 2.